The molecule has 0 bridgehead atoms. The SMILES string of the molecule is CCO[C@@H]1C[C@H](S(=O)(=O)c2ccc(-c3ccnc(C)c3)cc2C(F)(F)F)C[C@H]1C(=O)NC1(C#N)CC1.CCO[C@H]1C[C@@H](S(=O)(=O)c2ccc(-c3ccnc(C)c3)cc2C(F)(F)F)C[C@@H]1C(=O)NC1(C#N)CC1. The van der Waals surface area contributed by atoms with Crippen LogP contribution in [0.3, 0.4) is 0 Å². The summed E-state index contributed by atoms with van der Waals surface area (Å²) in [4.78, 5) is 32.2. The maximum atomic E-state index is 14.1. The van der Waals surface area contributed by atoms with Crippen molar-refractivity contribution < 1.29 is 62.2 Å². The van der Waals surface area contributed by atoms with Crippen molar-refractivity contribution in [3.63, 3.8) is 0 Å². The lowest BCUT2D eigenvalue weighted by atomic mass is 10.0. The molecule has 2 aromatic heterocycles. The van der Waals surface area contributed by atoms with Crippen molar-refractivity contribution in [2.45, 2.75) is 135 Å². The Hall–Kier alpha value is -5.94. The molecule has 0 saturated heterocycles. The van der Waals surface area contributed by atoms with E-state index in [-0.39, 0.29) is 50.0 Å². The third kappa shape index (κ3) is 11.6. The molecule has 4 aliphatic rings. The number of nitrogens with one attached hydrogen (secondary N) is 2. The van der Waals surface area contributed by atoms with Gasteiger partial charge in [-0.25, -0.2) is 16.8 Å². The minimum Gasteiger partial charge on any atom is -0.378 e. The van der Waals surface area contributed by atoms with E-state index in [0.29, 0.717) is 48.2 Å². The zero-order chi connectivity index (χ0) is 52.6. The molecule has 6 atom stereocenters. The summed E-state index contributed by atoms with van der Waals surface area (Å²) in [6.07, 6.45) is -7.06. The normalized spacial score (nSPS) is 23.2. The van der Waals surface area contributed by atoms with E-state index in [1.165, 1.54) is 24.5 Å². The lowest BCUT2D eigenvalue weighted by molar-refractivity contribution is -0.140. The van der Waals surface area contributed by atoms with E-state index < -0.39 is 110 Å². The largest absolute Gasteiger partial charge is 0.417 e. The molecule has 0 radical (unpaired) electrons. The molecule has 2 aromatic carbocycles. The van der Waals surface area contributed by atoms with Gasteiger partial charge in [-0.1, -0.05) is 12.1 Å². The number of aryl methyl sites for hydroxylation is 2. The fraction of sp³-hybridized carbons (Fsp3) is 0.480. The van der Waals surface area contributed by atoms with Crippen molar-refractivity contribution in [1.82, 2.24) is 20.6 Å². The van der Waals surface area contributed by atoms with Gasteiger partial charge in [0.15, 0.2) is 19.7 Å². The number of benzene rings is 2. The van der Waals surface area contributed by atoms with Crippen LogP contribution in [0, 0.1) is 48.3 Å². The Bertz CT molecular complexity index is 2840. The molecule has 72 heavy (non-hydrogen) atoms. The Kier molecular flexibility index (Phi) is 15.3. The van der Waals surface area contributed by atoms with Crippen molar-refractivity contribution in [1.29, 1.82) is 10.5 Å². The van der Waals surface area contributed by atoms with Gasteiger partial charge in [0.25, 0.3) is 0 Å². The number of pyridine rings is 2. The van der Waals surface area contributed by atoms with Crippen molar-refractivity contribution in [3.05, 3.63) is 95.6 Å². The van der Waals surface area contributed by atoms with E-state index in [0.717, 1.165) is 24.3 Å². The highest BCUT2D eigenvalue weighted by atomic mass is 32.2. The van der Waals surface area contributed by atoms with Crippen molar-refractivity contribution in [2.75, 3.05) is 13.2 Å². The second kappa shape index (κ2) is 20.5. The molecule has 8 rings (SSSR count). The molecule has 0 aliphatic heterocycles. The quantitative estimate of drug-likeness (QED) is 0.114. The van der Waals surface area contributed by atoms with E-state index in [4.69, 9.17) is 9.47 Å². The van der Waals surface area contributed by atoms with Crippen LogP contribution in [0.1, 0.15) is 87.7 Å². The number of hydrogen-bond acceptors (Lipinski definition) is 12. The van der Waals surface area contributed by atoms with Crippen LogP contribution in [-0.4, -0.2) is 85.6 Å². The second-order valence-corrected chi connectivity index (χ2v) is 23.0. The molecule has 4 aliphatic carbocycles. The molecular formula is C50H52F6N6O8S2. The number of halogens is 6. The standard InChI is InChI=1S/2C25H26F3N3O4S/c2*1-3-35-21-13-18(12-19(21)23(32)31-24(14-29)7-8-24)36(33,34)22-5-4-16(11-20(22)25(26,27)28)17-6-9-30-15(2)10-17/h2*4-6,9-11,18-19,21H,3,7-8,12-13H2,1-2H3,(H,31,32)/t2*18-,19-,21-/m10/s1. The summed E-state index contributed by atoms with van der Waals surface area (Å²) in [5, 5.41) is 21.4. The molecule has 4 fully saturated rings. The van der Waals surface area contributed by atoms with E-state index in [1.54, 1.807) is 52.0 Å². The highest BCUT2D eigenvalue weighted by Gasteiger charge is 2.53. The number of amides is 2. The second-order valence-electron chi connectivity index (χ2n) is 18.6. The van der Waals surface area contributed by atoms with Crippen LogP contribution in [0.15, 0.2) is 82.8 Å². The van der Waals surface area contributed by atoms with Gasteiger partial charge < -0.3 is 20.1 Å². The number of nitriles is 2. The first kappa shape index (κ1) is 53.8. The minimum atomic E-state index is -4.92. The first-order chi connectivity index (χ1) is 33.8. The topological polar surface area (TPSA) is 218 Å². The predicted molar refractivity (Wildman–Crippen MR) is 248 cm³/mol. The van der Waals surface area contributed by atoms with Crippen LogP contribution < -0.4 is 10.6 Å². The van der Waals surface area contributed by atoms with E-state index >= 15 is 0 Å². The first-order valence-electron chi connectivity index (χ1n) is 23.3. The monoisotopic (exact) mass is 1040 g/mol. The van der Waals surface area contributed by atoms with Crippen LogP contribution in [0.25, 0.3) is 22.3 Å². The molecule has 4 aromatic rings. The fourth-order valence-corrected chi connectivity index (χ4v) is 13.4. The lowest BCUT2D eigenvalue weighted by Gasteiger charge is -2.20. The summed E-state index contributed by atoms with van der Waals surface area (Å²) in [5.74, 6) is -2.79. The van der Waals surface area contributed by atoms with Gasteiger partial charge in [-0.15, -0.1) is 0 Å². The first-order valence-corrected chi connectivity index (χ1v) is 26.4. The van der Waals surface area contributed by atoms with Crippen LogP contribution in [-0.2, 0) is 51.1 Å². The lowest BCUT2D eigenvalue weighted by Crippen LogP contribution is -2.42. The number of aromatic nitrogens is 2. The third-order valence-corrected chi connectivity index (χ3v) is 18.0. The zero-order valence-corrected chi connectivity index (χ0v) is 41.2. The predicted octanol–water partition coefficient (Wildman–Crippen LogP) is 8.41. The molecule has 4 saturated carbocycles. The average Bonchev–Trinajstić information content (AvgIpc) is 4.19. The summed E-state index contributed by atoms with van der Waals surface area (Å²) in [7, 11) is -8.94. The molecule has 2 amide bonds. The number of sulfone groups is 2. The van der Waals surface area contributed by atoms with Crippen LogP contribution in [0.4, 0.5) is 26.3 Å². The fourth-order valence-electron chi connectivity index (χ4n) is 9.37. The highest BCUT2D eigenvalue weighted by molar-refractivity contribution is 7.92. The van der Waals surface area contributed by atoms with Crippen molar-refractivity contribution in [3.8, 4) is 34.4 Å². The molecule has 384 valence electrons. The Morgan fingerprint density at radius 2 is 0.958 bits per heavy atom. The molecule has 2 heterocycles. The number of rotatable bonds is 14. The minimum absolute atomic E-state index is 0.115. The zero-order valence-electron chi connectivity index (χ0n) is 39.6. The molecule has 0 unspecified atom stereocenters. The molecule has 22 heteroatoms. The summed E-state index contributed by atoms with van der Waals surface area (Å²) in [6, 6.07) is 16.8. The Labute approximate surface area is 413 Å². The number of nitrogens with zero attached hydrogens (tertiary/aromatic N) is 4. The maximum Gasteiger partial charge on any atom is 0.417 e. The average molecular weight is 1040 g/mol. The summed E-state index contributed by atoms with van der Waals surface area (Å²) in [5.41, 5.74) is -1.78. The molecule has 0 spiro atoms. The van der Waals surface area contributed by atoms with Crippen LogP contribution in [0.2, 0.25) is 0 Å². The number of ether oxygens (including phenoxy) is 2. The Balaban J connectivity index is 0.000000211. The molecule has 2 N–H and O–H groups in total. The van der Waals surface area contributed by atoms with Gasteiger partial charge in [0.2, 0.25) is 11.8 Å². The van der Waals surface area contributed by atoms with Gasteiger partial charge in [-0.05, 0) is 150 Å². The smallest absolute Gasteiger partial charge is 0.378 e. The summed E-state index contributed by atoms with van der Waals surface area (Å²) < 4.78 is 150. The van der Waals surface area contributed by atoms with Crippen LogP contribution in [0.5, 0.6) is 0 Å². The van der Waals surface area contributed by atoms with E-state index in [9.17, 15) is 63.3 Å². The number of hydrogen-bond donors (Lipinski definition) is 2. The van der Waals surface area contributed by atoms with Gasteiger partial charge in [-0.3, -0.25) is 19.6 Å². The van der Waals surface area contributed by atoms with Gasteiger partial charge in [-0.2, -0.15) is 36.9 Å². The number of alkyl halides is 6. The van der Waals surface area contributed by atoms with E-state index in [1.807, 2.05) is 12.1 Å². The van der Waals surface area contributed by atoms with Crippen LogP contribution >= 0.6 is 0 Å². The summed E-state index contributed by atoms with van der Waals surface area (Å²) in [6.45, 7) is 7.20. The Morgan fingerprint density at radius 1 is 0.611 bits per heavy atom. The van der Waals surface area contributed by atoms with Gasteiger partial charge >= 0.3 is 12.4 Å². The molecular weight excluding hydrogens is 991 g/mol. The van der Waals surface area contributed by atoms with Gasteiger partial charge in [0, 0.05) is 37.0 Å². The number of carbonyl (C=O) groups is 2. The third-order valence-electron chi connectivity index (χ3n) is 13.5. The van der Waals surface area contributed by atoms with Gasteiger partial charge in [0.05, 0.1) is 67.6 Å². The maximum absolute atomic E-state index is 14.1. The van der Waals surface area contributed by atoms with Crippen molar-refractivity contribution >= 4 is 31.5 Å². The molecule has 14 nitrogen and oxygen atoms in total. The van der Waals surface area contributed by atoms with Gasteiger partial charge in [0.1, 0.15) is 11.1 Å². The summed E-state index contributed by atoms with van der Waals surface area (Å²) >= 11 is 0. The highest BCUT2D eigenvalue weighted by Crippen LogP contribution is 2.45. The number of carbonyl (C=O) groups excluding carboxylic acids is 2. The van der Waals surface area contributed by atoms with E-state index in [2.05, 4.69) is 20.6 Å². The Morgan fingerprint density at radius 3 is 1.25 bits per heavy atom. The van der Waals surface area contributed by atoms with Crippen molar-refractivity contribution in [2.24, 2.45) is 11.8 Å².